The first kappa shape index (κ1) is 13.6. The van der Waals surface area contributed by atoms with E-state index in [0.717, 1.165) is 31.5 Å². The summed E-state index contributed by atoms with van der Waals surface area (Å²) >= 11 is 0. The molecule has 2 rings (SSSR count). The normalized spacial score (nSPS) is 19.7. The van der Waals surface area contributed by atoms with Gasteiger partial charge in [-0.3, -0.25) is 4.79 Å². The molecule has 19 heavy (non-hydrogen) atoms. The van der Waals surface area contributed by atoms with Crippen molar-refractivity contribution in [1.29, 1.82) is 0 Å². The largest absolute Gasteiger partial charge is 0.473 e. The van der Waals surface area contributed by atoms with Crippen LogP contribution in [0.15, 0.2) is 18.3 Å². The summed E-state index contributed by atoms with van der Waals surface area (Å²) in [6.07, 6.45) is 4.65. The summed E-state index contributed by atoms with van der Waals surface area (Å²) in [6.45, 7) is 4.67. The van der Waals surface area contributed by atoms with Gasteiger partial charge in [-0.15, -0.1) is 0 Å². The summed E-state index contributed by atoms with van der Waals surface area (Å²) in [5, 5.41) is 6.16. The van der Waals surface area contributed by atoms with Gasteiger partial charge in [0.25, 0.3) is 0 Å². The van der Waals surface area contributed by atoms with Crippen LogP contribution in [0, 0.1) is 0 Å². The molecule has 0 spiro atoms. The van der Waals surface area contributed by atoms with Crippen LogP contribution in [0.2, 0.25) is 0 Å². The van der Waals surface area contributed by atoms with E-state index in [1.807, 2.05) is 26.0 Å². The number of pyridine rings is 1. The van der Waals surface area contributed by atoms with Gasteiger partial charge in [-0.1, -0.05) is 0 Å². The average Bonchev–Trinajstić information content (AvgIpc) is 2.57. The van der Waals surface area contributed by atoms with Crippen molar-refractivity contribution in [2.45, 2.75) is 45.3 Å². The van der Waals surface area contributed by atoms with Crippen LogP contribution in [0.1, 0.15) is 33.1 Å². The summed E-state index contributed by atoms with van der Waals surface area (Å²) in [6, 6.07) is 3.52. The number of carbonyl (C=O) groups excluding carboxylic acids is 1. The molecule has 1 aromatic rings. The van der Waals surface area contributed by atoms with Crippen molar-refractivity contribution in [2.75, 3.05) is 11.9 Å². The molecule has 2 N–H and O–H groups in total. The molecule has 5 nitrogen and oxygen atoms in total. The number of hydrogen-bond donors (Lipinski definition) is 2. The zero-order valence-corrected chi connectivity index (χ0v) is 11.5. The third-order valence-electron chi connectivity index (χ3n) is 2.98. The molecular formula is C14H21N3O2. The number of anilines is 1. The fraction of sp³-hybridized carbons (Fsp3) is 0.571. The Morgan fingerprint density at radius 3 is 3.11 bits per heavy atom. The first-order chi connectivity index (χ1) is 9.16. The second kappa shape index (κ2) is 6.41. The fourth-order valence-electron chi connectivity index (χ4n) is 2.08. The lowest BCUT2D eigenvalue weighted by molar-refractivity contribution is -0.121. The minimum atomic E-state index is -0.207. The van der Waals surface area contributed by atoms with Crippen LogP contribution >= 0.6 is 0 Å². The summed E-state index contributed by atoms with van der Waals surface area (Å²) in [7, 11) is 0. The van der Waals surface area contributed by atoms with E-state index >= 15 is 0 Å². The van der Waals surface area contributed by atoms with E-state index in [1.54, 1.807) is 6.20 Å². The van der Waals surface area contributed by atoms with Gasteiger partial charge in [0, 0.05) is 12.7 Å². The van der Waals surface area contributed by atoms with E-state index in [4.69, 9.17) is 4.74 Å². The monoisotopic (exact) mass is 263 g/mol. The smallest absolute Gasteiger partial charge is 0.242 e. The Balaban J connectivity index is 2.10. The van der Waals surface area contributed by atoms with Crippen molar-refractivity contribution in [2.24, 2.45) is 0 Å². The minimum absolute atomic E-state index is 0.0526. The Morgan fingerprint density at radius 1 is 1.47 bits per heavy atom. The highest BCUT2D eigenvalue weighted by molar-refractivity contribution is 5.85. The third kappa shape index (κ3) is 3.84. The molecule has 1 unspecified atom stereocenters. The van der Waals surface area contributed by atoms with E-state index in [9.17, 15) is 4.79 Å². The van der Waals surface area contributed by atoms with Crippen LogP contribution in [-0.2, 0) is 4.79 Å². The summed E-state index contributed by atoms with van der Waals surface area (Å²) < 4.78 is 5.65. The zero-order valence-electron chi connectivity index (χ0n) is 11.5. The SMILES string of the molecule is CC(C)Oc1ncccc1NC1CCCCNC1=O. The van der Waals surface area contributed by atoms with Gasteiger partial charge in [0.15, 0.2) is 0 Å². The Hall–Kier alpha value is -1.78. The predicted octanol–water partition coefficient (Wildman–Crippen LogP) is 1.95. The van der Waals surface area contributed by atoms with Crippen molar-refractivity contribution < 1.29 is 9.53 Å². The molecule has 0 saturated carbocycles. The molecular weight excluding hydrogens is 242 g/mol. The highest BCUT2D eigenvalue weighted by Crippen LogP contribution is 2.24. The number of rotatable bonds is 4. The summed E-state index contributed by atoms with van der Waals surface area (Å²) in [5.74, 6) is 0.603. The maximum Gasteiger partial charge on any atom is 0.242 e. The molecule has 1 aliphatic rings. The first-order valence-electron chi connectivity index (χ1n) is 6.82. The quantitative estimate of drug-likeness (QED) is 0.871. The lowest BCUT2D eigenvalue weighted by atomic mass is 10.1. The van der Waals surface area contributed by atoms with Crippen molar-refractivity contribution in [3.8, 4) is 5.88 Å². The maximum absolute atomic E-state index is 11.9. The van der Waals surface area contributed by atoms with Crippen LogP contribution < -0.4 is 15.4 Å². The molecule has 0 radical (unpaired) electrons. The lowest BCUT2D eigenvalue weighted by Gasteiger charge is -2.19. The molecule has 1 saturated heterocycles. The van der Waals surface area contributed by atoms with Crippen LogP contribution in [0.4, 0.5) is 5.69 Å². The predicted molar refractivity (Wildman–Crippen MR) is 74.3 cm³/mol. The molecule has 0 aliphatic carbocycles. The van der Waals surface area contributed by atoms with Crippen LogP contribution in [0.25, 0.3) is 0 Å². The van der Waals surface area contributed by atoms with Gasteiger partial charge >= 0.3 is 0 Å². The second-order valence-electron chi connectivity index (χ2n) is 5.01. The minimum Gasteiger partial charge on any atom is -0.473 e. The number of nitrogens with one attached hydrogen (secondary N) is 2. The van der Waals surface area contributed by atoms with E-state index in [2.05, 4.69) is 15.6 Å². The number of hydrogen-bond acceptors (Lipinski definition) is 4. The van der Waals surface area contributed by atoms with Crippen LogP contribution in [-0.4, -0.2) is 29.6 Å². The average molecular weight is 263 g/mol. The highest BCUT2D eigenvalue weighted by atomic mass is 16.5. The number of aromatic nitrogens is 1. The molecule has 0 bridgehead atoms. The van der Waals surface area contributed by atoms with Gasteiger partial charge in [0.1, 0.15) is 6.04 Å². The van der Waals surface area contributed by atoms with Crippen molar-refractivity contribution in [3.63, 3.8) is 0 Å². The molecule has 104 valence electrons. The number of amides is 1. The molecule has 1 amide bonds. The molecule has 1 atom stereocenters. The molecule has 0 aromatic carbocycles. The summed E-state index contributed by atoms with van der Waals surface area (Å²) in [5.41, 5.74) is 0.776. The van der Waals surface area contributed by atoms with E-state index in [1.165, 1.54) is 0 Å². The van der Waals surface area contributed by atoms with Crippen molar-refractivity contribution in [3.05, 3.63) is 18.3 Å². The molecule has 2 heterocycles. The molecule has 1 aromatic heterocycles. The zero-order chi connectivity index (χ0) is 13.7. The fourth-order valence-corrected chi connectivity index (χ4v) is 2.08. The van der Waals surface area contributed by atoms with Gasteiger partial charge in [-0.2, -0.15) is 0 Å². The van der Waals surface area contributed by atoms with Gasteiger partial charge in [0.05, 0.1) is 11.8 Å². The topological polar surface area (TPSA) is 63.2 Å². The Morgan fingerprint density at radius 2 is 2.32 bits per heavy atom. The second-order valence-corrected chi connectivity index (χ2v) is 5.01. The third-order valence-corrected chi connectivity index (χ3v) is 2.98. The Labute approximate surface area is 113 Å². The first-order valence-corrected chi connectivity index (χ1v) is 6.82. The number of ether oxygens (including phenoxy) is 1. The van der Waals surface area contributed by atoms with E-state index < -0.39 is 0 Å². The van der Waals surface area contributed by atoms with E-state index in [0.29, 0.717) is 5.88 Å². The van der Waals surface area contributed by atoms with Crippen molar-refractivity contribution in [1.82, 2.24) is 10.3 Å². The van der Waals surface area contributed by atoms with Gasteiger partial charge in [-0.25, -0.2) is 4.98 Å². The molecule has 1 fully saturated rings. The Kier molecular flexibility index (Phi) is 4.60. The standard InChI is InChI=1S/C14H21N3O2/c1-10(2)19-14-12(7-5-9-16-14)17-11-6-3-4-8-15-13(11)18/h5,7,9-11,17H,3-4,6,8H2,1-2H3,(H,15,18). The highest BCUT2D eigenvalue weighted by Gasteiger charge is 2.21. The van der Waals surface area contributed by atoms with Gasteiger partial charge < -0.3 is 15.4 Å². The molecule has 1 aliphatic heterocycles. The van der Waals surface area contributed by atoms with Crippen molar-refractivity contribution >= 4 is 11.6 Å². The maximum atomic E-state index is 11.9. The van der Waals surface area contributed by atoms with Crippen LogP contribution in [0.3, 0.4) is 0 Å². The number of carbonyl (C=O) groups is 1. The van der Waals surface area contributed by atoms with Gasteiger partial charge in [0.2, 0.25) is 11.8 Å². The number of nitrogens with zero attached hydrogens (tertiary/aromatic N) is 1. The van der Waals surface area contributed by atoms with Gasteiger partial charge in [-0.05, 0) is 45.2 Å². The lowest BCUT2D eigenvalue weighted by Crippen LogP contribution is -2.38. The molecule has 5 heteroatoms. The Bertz CT molecular complexity index is 434. The summed E-state index contributed by atoms with van der Waals surface area (Å²) in [4.78, 5) is 16.1. The van der Waals surface area contributed by atoms with Crippen LogP contribution in [0.5, 0.6) is 5.88 Å². The van der Waals surface area contributed by atoms with E-state index in [-0.39, 0.29) is 18.1 Å².